The van der Waals surface area contributed by atoms with Crippen molar-refractivity contribution in [2.75, 3.05) is 19.0 Å². The van der Waals surface area contributed by atoms with Crippen molar-refractivity contribution in [2.24, 2.45) is 0 Å². The van der Waals surface area contributed by atoms with Crippen molar-refractivity contribution in [1.82, 2.24) is 5.16 Å². The summed E-state index contributed by atoms with van der Waals surface area (Å²) in [4.78, 5) is 23.0. The molecule has 122 valence electrons. The molecule has 1 aromatic heterocycles. The molecule has 0 aliphatic carbocycles. The van der Waals surface area contributed by atoms with Gasteiger partial charge in [-0.15, -0.1) is 0 Å². The van der Waals surface area contributed by atoms with E-state index in [0.29, 0.717) is 22.7 Å². The third kappa shape index (κ3) is 4.72. The van der Waals surface area contributed by atoms with Crippen LogP contribution in [0.4, 0.5) is 5.69 Å². The van der Waals surface area contributed by atoms with E-state index >= 15 is 0 Å². The van der Waals surface area contributed by atoms with E-state index in [1.165, 1.54) is 7.11 Å². The molecule has 1 N–H and O–H groups in total. The lowest BCUT2D eigenvalue weighted by Crippen LogP contribution is -2.15. The molecule has 0 saturated heterocycles. The van der Waals surface area contributed by atoms with Gasteiger partial charge in [-0.25, -0.2) is 4.79 Å². The Bertz CT molecular complexity index is 677. The van der Waals surface area contributed by atoms with E-state index in [-0.39, 0.29) is 24.2 Å². The van der Waals surface area contributed by atoms with Crippen LogP contribution in [-0.2, 0) is 20.7 Å². The summed E-state index contributed by atoms with van der Waals surface area (Å²) in [7, 11) is 1.29. The van der Waals surface area contributed by atoms with E-state index in [1.54, 1.807) is 31.2 Å². The van der Waals surface area contributed by atoms with Gasteiger partial charge in [0, 0.05) is 11.3 Å². The van der Waals surface area contributed by atoms with Gasteiger partial charge in [0.25, 0.3) is 0 Å². The number of amides is 1. The molecular weight excluding hydrogens is 324 g/mol. The molecule has 0 aliphatic heterocycles. The first-order chi connectivity index (χ1) is 11.0. The summed E-state index contributed by atoms with van der Waals surface area (Å²) in [5, 5.41) is 6.53. The Morgan fingerprint density at radius 3 is 2.57 bits per heavy atom. The second kappa shape index (κ2) is 7.64. The third-order valence-electron chi connectivity index (χ3n) is 3.00. The Hall–Kier alpha value is -2.54. The fourth-order valence-corrected chi connectivity index (χ4v) is 2.00. The van der Waals surface area contributed by atoms with Gasteiger partial charge in [0.05, 0.1) is 19.2 Å². The summed E-state index contributed by atoms with van der Waals surface area (Å²) in [5.74, 6) is -0.226. The number of hydrogen-bond acceptors (Lipinski definition) is 6. The van der Waals surface area contributed by atoms with E-state index in [1.807, 2.05) is 0 Å². The molecule has 23 heavy (non-hydrogen) atoms. The van der Waals surface area contributed by atoms with Crippen LogP contribution in [0, 0.1) is 6.92 Å². The summed E-state index contributed by atoms with van der Waals surface area (Å²) in [6, 6.07) is 6.59. The monoisotopic (exact) mass is 338 g/mol. The predicted octanol–water partition coefficient (Wildman–Crippen LogP) is 2.37. The van der Waals surface area contributed by atoms with Gasteiger partial charge in [-0.05, 0) is 42.8 Å². The summed E-state index contributed by atoms with van der Waals surface area (Å²) < 4.78 is 14.5. The highest BCUT2D eigenvalue weighted by Crippen LogP contribution is 2.20. The second-order valence-corrected chi connectivity index (χ2v) is 4.98. The van der Waals surface area contributed by atoms with Crippen molar-refractivity contribution in [2.45, 2.75) is 13.3 Å². The van der Waals surface area contributed by atoms with Gasteiger partial charge in [-0.1, -0.05) is 5.16 Å². The number of benzene rings is 1. The number of nitrogens with one attached hydrogen (secondary N) is 1. The lowest BCUT2D eigenvalue weighted by molar-refractivity contribution is -0.142. The minimum atomic E-state index is -0.469. The summed E-state index contributed by atoms with van der Waals surface area (Å²) in [6.07, 6.45) is 0.0642. The first kappa shape index (κ1) is 16.8. The molecule has 0 radical (unpaired) electrons. The Labute approximate surface area is 137 Å². The number of methoxy groups -OCH3 is 1. The van der Waals surface area contributed by atoms with Crippen LogP contribution in [0.2, 0.25) is 5.22 Å². The number of carbonyl (C=O) groups is 2. The normalized spacial score (nSPS) is 10.2. The molecule has 1 heterocycles. The molecule has 8 heteroatoms. The number of anilines is 1. The topological polar surface area (TPSA) is 90.7 Å². The van der Waals surface area contributed by atoms with E-state index in [0.717, 1.165) is 0 Å². The second-order valence-electron chi connectivity index (χ2n) is 4.63. The Kier molecular flexibility index (Phi) is 5.59. The maximum absolute atomic E-state index is 12.0. The van der Waals surface area contributed by atoms with Gasteiger partial charge in [0.2, 0.25) is 11.1 Å². The largest absolute Gasteiger partial charge is 0.482 e. The third-order valence-corrected chi connectivity index (χ3v) is 3.29. The smallest absolute Gasteiger partial charge is 0.343 e. The van der Waals surface area contributed by atoms with E-state index < -0.39 is 5.97 Å². The van der Waals surface area contributed by atoms with Crippen LogP contribution in [0.5, 0.6) is 5.75 Å². The Morgan fingerprint density at radius 2 is 2.00 bits per heavy atom. The van der Waals surface area contributed by atoms with E-state index in [2.05, 4.69) is 15.2 Å². The molecular formula is C15H15ClN2O5. The first-order valence-electron chi connectivity index (χ1n) is 6.69. The molecule has 1 amide bonds. The molecule has 0 fully saturated rings. The van der Waals surface area contributed by atoms with E-state index in [4.69, 9.17) is 20.9 Å². The molecule has 0 saturated carbocycles. The number of halogens is 1. The highest BCUT2D eigenvalue weighted by Gasteiger charge is 2.15. The van der Waals surface area contributed by atoms with Crippen LogP contribution in [0.1, 0.15) is 11.3 Å². The number of esters is 1. The van der Waals surface area contributed by atoms with Gasteiger partial charge in [0.15, 0.2) is 6.61 Å². The number of aromatic nitrogens is 1. The molecule has 1 aromatic carbocycles. The maximum atomic E-state index is 12.0. The zero-order valence-corrected chi connectivity index (χ0v) is 13.3. The van der Waals surface area contributed by atoms with Crippen molar-refractivity contribution in [3.63, 3.8) is 0 Å². The van der Waals surface area contributed by atoms with Gasteiger partial charge >= 0.3 is 5.97 Å². The number of nitrogens with zero attached hydrogens (tertiary/aromatic N) is 1. The van der Waals surface area contributed by atoms with Crippen molar-refractivity contribution in [3.8, 4) is 5.75 Å². The minimum Gasteiger partial charge on any atom is -0.482 e. The highest BCUT2D eigenvalue weighted by molar-refractivity contribution is 6.29. The zero-order valence-electron chi connectivity index (χ0n) is 12.6. The minimum absolute atomic E-state index is 0.0642. The molecule has 0 unspecified atom stereocenters. The molecule has 7 nitrogen and oxygen atoms in total. The molecule has 0 spiro atoms. The number of rotatable bonds is 6. The van der Waals surface area contributed by atoms with Crippen LogP contribution in [0.25, 0.3) is 0 Å². The summed E-state index contributed by atoms with van der Waals surface area (Å²) in [5.41, 5.74) is 1.73. The number of aryl methyl sites for hydroxylation is 1. The maximum Gasteiger partial charge on any atom is 0.343 e. The van der Waals surface area contributed by atoms with Crippen LogP contribution in [0.15, 0.2) is 28.8 Å². The SMILES string of the molecule is COC(=O)COc1ccc(NC(=O)Cc2c(C)noc2Cl)cc1. The van der Waals surface area contributed by atoms with Gasteiger partial charge in [0.1, 0.15) is 5.75 Å². The Morgan fingerprint density at radius 1 is 1.30 bits per heavy atom. The first-order valence-corrected chi connectivity index (χ1v) is 7.07. The number of carbonyl (C=O) groups excluding carboxylic acids is 2. The Balaban J connectivity index is 1.90. The average molecular weight is 339 g/mol. The molecule has 0 bridgehead atoms. The quantitative estimate of drug-likeness (QED) is 0.813. The summed E-state index contributed by atoms with van der Waals surface area (Å²) in [6.45, 7) is 1.54. The fourth-order valence-electron chi connectivity index (χ4n) is 1.76. The lowest BCUT2D eigenvalue weighted by Gasteiger charge is -2.07. The van der Waals surface area contributed by atoms with Crippen LogP contribution in [0.3, 0.4) is 0 Å². The zero-order chi connectivity index (χ0) is 16.8. The van der Waals surface area contributed by atoms with Gasteiger partial charge in [-0.2, -0.15) is 0 Å². The molecule has 2 rings (SSSR count). The molecule has 0 atom stereocenters. The summed E-state index contributed by atoms with van der Waals surface area (Å²) >= 11 is 5.82. The number of hydrogen-bond donors (Lipinski definition) is 1. The average Bonchev–Trinajstić information content (AvgIpc) is 2.85. The fraction of sp³-hybridized carbons (Fsp3) is 0.267. The molecule has 0 aliphatic rings. The highest BCUT2D eigenvalue weighted by atomic mass is 35.5. The standard InChI is InChI=1S/C15H15ClN2O5/c1-9-12(15(16)23-18-9)7-13(19)17-10-3-5-11(6-4-10)22-8-14(20)21-2/h3-6H,7-8H2,1-2H3,(H,17,19). The van der Waals surface area contributed by atoms with Crippen molar-refractivity contribution in [3.05, 3.63) is 40.7 Å². The van der Waals surface area contributed by atoms with Gasteiger partial charge < -0.3 is 19.3 Å². The van der Waals surface area contributed by atoms with Crippen molar-refractivity contribution in [1.29, 1.82) is 0 Å². The van der Waals surface area contributed by atoms with E-state index in [9.17, 15) is 9.59 Å². The van der Waals surface area contributed by atoms with Gasteiger partial charge in [-0.3, -0.25) is 4.79 Å². The van der Waals surface area contributed by atoms with Crippen molar-refractivity contribution >= 4 is 29.2 Å². The predicted molar refractivity (Wildman–Crippen MR) is 82.5 cm³/mol. The molecule has 2 aromatic rings. The van der Waals surface area contributed by atoms with Crippen LogP contribution >= 0.6 is 11.6 Å². The van der Waals surface area contributed by atoms with Crippen LogP contribution in [-0.4, -0.2) is 30.7 Å². The lowest BCUT2D eigenvalue weighted by atomic mass is 10.2. The van der Waals surface area contributed by atoms with Crippen LogP contribution < -0.4 is 10.1 Å². The number of ether oxygens (including phenoxy) is 2. The van der Waals surface area contributed by atoms with Crippen molar-refractivity contribution < 1.29 is 23.6 Å².